The van der Waals surface area contributed by atoms with Crippen LogP contribution in [0, 0.1) is 0 Å². The number of nitrogens with zero attached hydrogens (tertiary/aromatic N) is 2. The van der Waals surface area contributed by atoms with Crippen molar-refractivity contribution in [3.05, 3.63) is 29.8 Å². The van der Waals surface area contributed by atoms with Gasteiger partial charge in [-0.25, -0.2) is 0 Å². The summed E-state index contributed by atoms with van der Waals surface area (Å²) >= 11 is 0. The van der Waals surface area contributed by atoms with Gasteiger partial charge in [0.1, 0.15) is 5.75 Å². The Hall–Kier alpha value is -1.51. The molecule has 2 rings (SSSR count). The van der Waals surface area contributed by atoms with E-state index in [1.807, 2.05) is 30.5 Å². The smallest absolute Gasteiger partial charge is 0.118 e. The van der Waals surface area contributed by atoms with Crippen molar-refractivity contribution in [2.24, 2.45) is 5.10 Å². The fourth-order valence-corrected chi connectivity index (χ4v) is 1.83. The molecule has 3 nitrogen and oxygen atoms in total. The zero-order chi connectivity index (χ0) is 11.2. The van der Waals surface area contributed by atoms with Gasteiger partial charge in [-0.05, 0) is 49.1 Å². The van der Waals surface area contributed by atoms with Crippen LogP contribution in [-0.4, -0.2) is 31.4 Å². The van der Waals surface area contributed by atoms with Gasteiger partial charge in [-0.2, -0.15) is 5.10 Å². The Morgan fingerprint density at radius 2 is 1.81 bits per heavy atom. The summed E-state index contributed by atoms with van der Waals surface area (Å²) in [6, 6.07) is 7.95. The largest absolute Gasteiger partial charge is 0.497 e. The number of benzene rings is 1. The molecule has 0 spiro atoms. The highest BCUT2D eigenvalue weighted by atomic mass is 16.5. The van der Waals surface area contributed by atoms with E-state index in [0.717, 1.165) is 24.4 Å². The Bertz CT molecular complexity index is 339. The summed E-state index contributed by atoms with van der Waals surface area (Å²) in [6.45, 7) is 2.18. The molecule has 1 heterocycles. The van der Waals surface area contributed by atoms with Gasteiger partial charge in [0.2, 0.25) is 0 Å². The Labute approximate surface area is 96.7 Å². The number of rotatable bonds is 3. The molecule has 0 aromatic heterocycles. The number of piperidine rings is 1. The molecule has 0 unspecified atom stereocenters. The Morgan fingerprint density at radius 1 is 1.12 bits per heavy atom. The first-order valence-corrected chi connectivity index (χ1v) is 5.81. The molecule has 0 saturated carbocycles. The molecule has 1 aromatic rings. The van der Waals surface area contributed by atoms with Gasteiger partial charge >= 0.3 is 0 Å². The summed E-state index contributed by atoms with van der Waals surface area (Å²) in [6.07, 6.45) is 5.79. The molecule has 86 valence electrons. The van der Waals surface area contributed by atoms with E-state index in [2.05, 4.69) is 10.1 Å². The molecule has 1 fully saturated rings. The van der Waals surface area contributed by atoms with E-state index in [9.17, 15) is 0 Å². The molecule has 1 aliphatic heterocycles. The third kappa shape index (κ3) is 2.99. The minimum Gasteiger partial charge on any atom is -0.497 e. The highest BCUT2D eigenvalue weighted by Crippen LogP contribution is 2.11. The second-order valence-corrected chi connectivity index (χ2v) is 4.03. The number of hydrazone groups is 1. The van der Waals surface area contributed by atoms with Gasteiger partial charge in [0, 0.05) is 13.1 Å². The summed E-state index contributed by atoms with van der Waals surface area (Å²) in [5.74, 6) is 0.884. The molecule has 1 saturated heterocycles. The van der Waals surface area contributed by atoms with Crippen LogP contribution in [0.4, 0.5) is 0 Å². The lowest BCUT2D eigenvalue weighted by molar-refractivity contribution is 0.240. The third-order valence-electron chi connectivity index (χ3n) is 2.82. The summed E-state index contributed by atoms with van der Waals surface area (Å²) in [5.41, 5.74) is 1.12. The number of ether oxygens (including phenoxy) is 1. The molecule has 0 bridgehead atoms. The topological polar surface area (TPSA) is 24.8 Å². The van der Waals surface area contributed by atoms with E-state index in [1.54, 1.807) is 7.11 Å². The van der Waals surface area contributed by atoms with Crippen LogP contribution in [0.1, 0.15) is 24.8 Å². The fourth-order valence-electron chi connectivity index (χ4n) is 1.83. The molecule has 0 amide bonds. The first-order chi connectivity index (χ1) is 7.88. The highest BCUT2D eigenvalue weighted by molar-refractivity contribution is 5.79. The van der Waals surface area contributed by atoms with E-state index in [0.29, 0.717) is 0 Å². The van der Waals surface area contributed by atoms with Crippen LogP contribution in [0.3, 0.4) is 0 Å². The standard InChI is InChI=1S/C13H18N2O/c1-16-13-7-5-12(6-8-13)11-14-15-9-3-2-4-10-15/h5-8,11H,2-4,9-10H2,1H3/b14-11+. The lowest BCUT2D eigenvalue weighted by atomic mass is 10.2. The fraction of sp³-hybridized carbons (Fsp3) is 0.462. The highest BCUT2D eigenvalue weighted by Gasteiger charge is 2.05. The molecule has 0 N–H and O–H groups in total. The molecular weight excluding hydrogens is 200 g/mol. The summed E-state index contributed by atoms with van der Waals surface area (Å²) < 4.78 is 5.11. The van der Waals surface area contributed by atoms with E-state index in [4.69, 9.17) is 4.74 Å². The van der Waals surface area contributed by atoms with Gasteiger partial charge in [-0.3, -0.25) is 5.01 Å². The van der Waals surface area contributed by atoms with Crippen LogP contribution in [0.2, 0.25) is 0 Å². The normalized spacial score (nSPS) is 16.7. The van der Waals surface area contributed by atoms with Crippen molar-refractivity contribution < 1.29 is 4.74 Å². The molecule has 3 heteroatoms. The SMILES string of the molecule is COc1ccc(/C=N/N2CCCCC2)cc1. The molecule has 16 heavy (non-hydrogen) atoms. The average molecular weight is 218 g/mol. The number of methoxy groups -OCH3 is 1. The lowest BCUT2D eigenvalue weighted by Crippen LogP contribution is -2.24. The zero-order valence-corrected chi connectivity index (χ0v) is 9.72. The Kier molecular flexibility index (Phi) is 3.81. The van der Waals surface area contributed by atoms with Gasteiger partial charge in [0.15, 0.2) is 0 Å². The second-order valence-electron chi connectivity index (χ2n) is 4.03. The lowest BCUT2D eigenvalue weighted by Gasteiger charge is -2.23. The van der Waals surface area contributed by atoms with Crippen molar-refractivity contribution >= 4 is 6.21 Å². The Morgan fingerprint density at radius 3 is 2.44 bits per heavy atom. The summed E-state index contributed by atoms with van der Waals surface area (Å²) in [5, 5.41) is 6.62. The minimum absolute atomic E-state index is 0.884. The first-order valence-electron chi connectivity index (χ1n) is 5.81. The predicted molar refractivity (Wildman–Crippen MR) is 66.0 cm³/mol. The third-order valence-corrected chi connectivity index (χ3v) is 2.82. The molecule has 1 aliphatic rings. The van der Waals surface area contributed by atoms with Crippen LogP contribution in [0.5, 0.6) is 5.75 Å². The molecule has 1 aromatic carbocycles. The van der Waals surface area contributed by atoms with Crippen molar-refractivity contribution in [2.45, 2.75) is 19.3 Å². The predicted octanol–water partition coefficient (Wildman–Crippen LogP) is 2.52. The van der Waals surface area contributed by atoms with Crippen molar-refractivity contribution in [2.75, 3.05) is 20.2 Å². The van der Waals surface area contributed by atoms with Crippen molar-refractivity contribution in [1.82, 2.24) is 5.01 Å². The van der Waals surface area contributed by atoms with E-state index in [-0.39, 0.29) is 0 Å². The zero-order valence-electron chi connectivity index (χ0n) is 9.72. The van der Waals surface area contributed by atoms with Gasteiger partial charge < -0.3 is 4.74 Å². The number of hydrogen-bond acceptors (Lipinski definition) is 3. The molecule has 0 aliphatic carbocycles. The maximum atomic E-state index is 5.11. The van der Waals surface area contributed by atoms with Crippen molar-refractivity contribution in [3.63, 3.8) is 0 Å². The van der Waals surface area contributed by atoms with Crippen LogP contribution in [0.15, 0.2) is 29.4 Å². The maximum absolute atomic E-state index is 5.11. The first kappa shape index (κ1) is 11.0. The molecular formula is C13H18N2O. The summed E-state index contributed by atoms with van der Waals surface area (Å²) in [4.78, 5) is 0. The van der Waals surface area contributed by atoms with E-state index < -0.39 is 0 Å². The van der Waals surface area contributed by atoms with Crippen molar-refractivity contribution in [3.8, 4) is 5.75 Å². The van der Waals surface area contributed by atoms with Crippen LogP contribution >= 0.6 is 0 Å². The molecule has 0 atom stereocenters. The van der Waals surface area contributed by atoms with Gasteiger partial charge in [0.25, 0.3) is 0 Å². The van der Waals surface area contributed by atoms with Crippen molar-refractivity contribution in [1.29, 1.82) is 0 Å². The Balaban J connectivity index is 1.94. The van der Waals surface area contributed by atoms with Gasteiger partial charge in [0.05, 0.1) is 13.3 Å². The maximum Gasteiger partial charge on any atom is 0.118 e. The van der Waals surface area contributed by atoms with Gasteiger partial charge in [-0.1, -0.05) is 0 Å². The number of hydrogen-bond donors (Lipinski definition) is 0. The van der Waals surface area contributed by atoms with E-state index in [1.165, 1.54) is 19.3 Å². The minimum atomic E-state index is 0.884. The molecule has 0 radical (unpaired) electrons. The monoisotopic (exact) mass is 218 g/mol. The van der Waals surface area contributed by atoms with Crippen LogP contribution in [-0.2, 0) is 0 Å². The quantitative estimate of drug-likeness (QED) is 0.728. The van der Waals surface area contributed by atoms with E-state index >= 15 is 0 Å². The summed E-state index contributed by atoms with van der Waals surface area (Å²) in [7, 11) is 1.68. The van der Waals surface area contributed by atoms with Gasteiger partial charge in [-0.15, -0.1) is 0 Å². The average Bonchev–Trinajstić information content (AvgIpc) is 2.38. The van der Waals surface area contributed by atoms with Crippen LogP contribution < -0.4 is 4.74 Å². The van der Waals surface area contributed by atoms with Crippen LogP contribution in [0.25, 0.3) is 0 Å². The second kappa shape index (κ2) is 5.54.